The predicted molar refractivity (Wildman–Crippen MR) is 66.7 cm³/mol. The number of benzene rings is 1. The van der Waals surface area contributed by atoms with Gasteiger partial charge in [0.2, 0.25) is 5.91 Å². The first kappa shape index (κ1) is 12.0. The molecule has 1 N–H and O–H groups in total. The van der Waals surface area contributed by atoms with E-state index in [1.165, 1.54) is 6.08 Å². The number of nitrogens with one attached hydrogen (secondary N) is 1. The largest absolute Gasteiger partial charge is 0.498 e. The molecule has 0 radical (unpaired) electrons. The molecule has 0 saturated carbocycles. The van der Waals surface area contributed by atoms with E-state index >= 15 is 0 Å². The lowest BCUT2D eigenvalue weighted by molar-refractivity contribution is -0.118. The fourth-order valence-corrected chi connectivity index (χ4v) is 1.98. The van der Waals surface area contributed by atoms with E-state index in [0.29, 0.717) is 18.1 Å². The molecule has 0 fully saturated rings. The standard InChI is InChI=1S/C13H14ClNO2/c1-2-17-11-7-12(15-13(16)8-11)9-3-5-10(14)6-4-9/h3-6,8,12H,2,7H2,1H3,(H,15,16). The fraction of sp³-hybridized carbons (Fsp3) is 0.308. The molecule has 90 valence electrons. The summed E-state index contributed by atoms with van der Waals surface area (Å²) in [6.45, 7) is 2.48. The lowest BCUT2D eigenvalue weighted by atomic mass is 10.00. The molecule has 1 unspecified atom stereocenters. The Balaban J connectivity index is 2.15. The molecular weight excluding hydrogens is 238 g/mol. The molecule has 1 aromatic rings. The summed E-state index contributed by atoms with van der Waals surface area (Å²) in [6.07, 6.45) is 2.19. The summed E-state index contributed by atoms with van der Waals surface area (Å²) in [5.74, 6) is 0.621. The fourth-order valence-electron chi connectivity index (χ4n) is 1.85. The second kappa shape index (κ2) is 5.23. The number of ether oxygens (including phenoxy) is 1. The first-order valence-electron chi connectivity index (χ1n) is 5.58. The van der Waals surface area contributed by atoms with Gasteiger partial charge < -0.3 is 10.1 Å². The zero-order valence-corrected chi connectivity index (χ0v) is 10.3. The third-order valence-electron chi connectivity index (χ3n) is 2.62. The first-order chi connectivity index (χ1) is 8.19. The van der Waals surface area contributed by atoms with Crippen LogP contribution >= 0.6 is 11.6 Å². The molecule has 1 aliphatic heterocycles. The Bertz CT molecular complexity index is 439. The highest BCUT2D eigenvalue weighted by Crippen LogP contribution is 2.26. The third kappa shape index (κ3) is 3.01. The van der Waals surface area contributed by atoms with Gasteiger partial charge >= 0.3 is 0 Å². The van der Waals surface area contributed by atoms with E-state index in [4.69, 9.17) is 16.3 Å². The quantitative estimate of drug-likeness (QED) is 0.897. The Kier molecular flexibility index (Phi) is 3.69. The van der Waals surface area contributed by atoms with E-state index in [1.807, 2.05) is 31.2 Å². The summed E-state index contributed by atoms with van der Waals surface area (Å²) < 4.78 is 5.40. The van der Waals surface area contributed by atoms with E-state index in [9.17, 15) is 4.79 Å². The zero-order chi connectivity index (χ0) is 12.3. The molecule has 0 aromatic heterocycles. The lowest BCUT2D eigenvalue weighted by Crippen LogP contribution is -2.31. The SMILES string of the molecule is CCOC1=CC(=O)NC(c2ccc(Cl)cc2)C1. The topological polar surface area (TPSA) is 38.3 Å². The van der Waals surface area contributed by atoms with Crippen LogP contribution < -0.4 is 5.32 Å². The Hall–Kier alpha value is -1.48. The summed E-state index contributed by atoms with van der Waals surface area (Å²) >= 11 is 5.83. The summed E-state index contributed by atoms with van der Waals surface area (Å²) in [4.78, 5) is 11.5. The van der Waals surface area contributed by atoms with Crippen molar-refractivity contribution >= 4 is 17.5 Å². The van der Waals surface area contributed by atoms with E-state index in [2.05, 4.69) is 5.32 Å². The number of amides is 1. The van der Waals surface area contributed by atoms with Crippen molar-refractivity contribution in [3.63, 3.8) is 0 Å². The molecule has 1 aliphatic rings. The van der Waals surface area contributed by atoms with Crippen LogP contribution in [0.15, 0.2) is 36.1 Å². The van der Waals surface area contributed by atoms with Crippen LogP contribution in [0, 0.1) is 0 Å². The molecule has 1 amide bonds. The molecule has 4 heteroatoms. The highest BCUT2D eigenvalue weighted by atomic mass is 35.5. The van der Waals surface area contributed by atoms with Gasteiger partial charge in [0.25, 0.3) is 0 Å². The van der Waals surface area contributed by atoms with Crippen molar-refractivity contribution < 1.29 is 9.53 Å². The van der Waals surface area contributed by atoms with E-state index in [0.717, 1.165) is 11.3 Å². The van der Waals surface area contributed by atoms with Gasteiger partial charge in [-0.2, -0.15) is 0 Å². The molecule has 1 atom stereocenters. The van der Waals surface area contributed by atoms with Gasteiger partial charge in [0.05, 0.1) is 12.6 Å². The van der Waals surface area contributed by atoms with Crippen molar-refractivity contribution in [3.8, 4) is 0 Å². The molecule has 0 saturated heterocycles. The van der Waals surface area contributed by atoms with Crippen molar-refractivity contribution in [1.82, 2.24) is 5.32 Å². The molecule has 17 heavy (non-hydrogen) atoms. The number of halogens is 1. The van der Waals surface area contributed by atoms with Gasteiger partial charge in [0.15, 0.2) is 0 Å². The summed E-state index contributed by atoms with van der Waals surface area (Å²) in [5, 5.41) is 3.59. The monoisotopic (exact) mass is 251 g/mol. The van der Waals surface area contributed by atoms with Crippen LogP contribution in [0.5, 0.6) is 0 Å². The van der Waals surface area contributed by atoms with Crippen LogP contribution in [0.2, 0.25) is 5.02 Å². The van der Waals surface area contributed by atoms with Gasteiger partial charge in [-0.3, -0.25) is 4.79 Å². The van der Waals surface area contributed by atoms with Crippen LogP contribution in [0.1, 0.15) is 24.9 Å². The Morgan fingerprint density at radius 2 is 2.12 bits per heavy atom. The number of hydrogen-bond donors (Lipinski definition) is 1. The molecular formula is C13H14ClNO2. The van der Waals surface area contributed by atoms with Crippen LogP contribution in [0.3, 0.4) is 0 Å². The van der Waals surface area contributed by atoms with Gasteiger partial charge in [0, 0.05) is 17.5 Å². The maximum atomic E-state index is 11.5. The summed E-state index contributed by atoms with van der Waals surface area (Å²) in [6, 6.07) is 7.44. The van der Waals surface area contributed by atoms with Gasteiger partial charge in [0.1, 0.15) is 5.76 Å². The van der Waals surface area contributed by atoms with Crippen molar-refractivity contribution in [1.29, 1.82) is 0 Å². The number of carbonyl (C=O) groups excluding carboxylic acids is 1. The second-order valence-electron chi connectivity index (χ2n) is 3.86. The minimum atomic E-state index is -0.111. The molecule has 0 bridgehead atoms. The second-order valence-corrected chi connectivity index (χ2v) is 4.30. The van der Waals surface area contributed by atoms with E-state index in [1.54, 1.807) is 0 Å². The highest BCUT2D eigenvalue weighted by molar-refractivity contribution is 6.30. The maximum Gasteiger partial charge on any atom is 0.247 e. The molecule has 0 aliphatic carbocycles. The smallest absolute Gasteiger partial charge is 0.247 e. The molecule has 0 spiro atoms. The van der Waals surface area contributed by atoms with Crippen LogP contribution in [-0.2, 0) is 9.53 Å². The average Bonchev–Trinajstić information content (AvgIpc) is 2.29. The van der Waals surface area contributed by atoms with E-state index in [-0.39, 0.29) is 11.9 Å². The van der Waals surface area contributed by atoms with Gasteiger partial charge in [-0.05, 0) is 24.6 Å². The zero-order valence-electron chi connectivity index (χ0n) is 9.57. The third-order valence-corrected chi connectivity index (χ3v) is 2.87. The van der Waals surface area contributed by atoms with Crippen LogP contribution in [0.4, 0.5) is 0 Å². The average molecular weight is 252 g/mol. The van der Waals surface area contributed by atoms with Crippen LogP contribution in [-0.4, -0.2) is 12.5 Å². The molecule has 1 aromatic carbocycles. The number of hydrogen-bond acceptors (Lipinski definition) is 2. The van der Waals surface area contributed by atoms with E-state index < -0.39 is 0 Å². The summed E-state index contributed by atoms with van der Waals surface area (Å²) in [7, 11) is 0. The normalized spacial score (nSPS) is 19.5. The molecule has 1 heterocycles. The van der Waals surface area contributed by atoms with Gasteiger partial charge in [-0.15, -0.1) is 0 Å². The van der Waals surface area contributed by atoms with Crippen molar-refractivity contribution in [2.24, 2.45) is 0 Å². The van der Waals surface area contributed by atoms with Crippen LogP contribution in [0.25, 0.3) is 0 Å². The first-order valence-corrected chi connectivity index (χ1v) is 5.96. The van der Waals surface area contributed by atoms with Crippen molar-refractivity contribution in [2.45, 2.75) is 19.4 Å². The molecule has 3 nitrogen and oxygen atoms in total. The highest BCUT2D eigenvalue weighted by Gasteiger charge is 2.21. The minimum absolute atomic E-state index is 0.0358. The Morgan fingerprint density at radius 1 is 1.41 bits per heavy atom. The van der Waals surface area contributed by atoms with Crippen molar-refractivity contribution in [2.75, 3.05) is 6.61 Å². The minimum Gasteiger partial charge on any atom is -0.498 e. The predicted octanol–water partition coefficient (Wildman–Crippen LogP) is 2.82. The number of carbonyl (C=O) groups is 1. The van der Waals surface area contributed by atoms with Crippen molar-refractivity contribution in [3.05, 3.63) is 46.7 Å². The van der Waals surface area contributed by atoms with Gasteiger partial charge in [-0.1, -0.05) is 23.7 Å². The number of rotatable bonds is 3. The molecule has 2 rings (SSSR count). The lowest BCUT2D eigenvalue weighted by Gasteiger charge is -2.24. The van der Waals surface area contributed by atoms with Gasteiger partial charge in [-0.25, -0.2) is 0 Å². The Morgan fingerprint density at radius 3 is 2.76 bits per heavy atom. The Labute approximate surface area is 105 Å². The summed E-state index contributed by atoms with van der Waals surface area (Å²) in [5.41, 5.74) is 1.04. The maximum absolute atomic E-state index is 11.5.